The maximum Gasteiger partial charge on any atom is 0.337 e. The van der Waals surface area contributed by atoms with Crippen LogP contribution in [0.4, 0.5) is 10.1 Å². The highest BCUT2D eigenvalue weighted by molar-refractivity contribution is 6.31. The number of aromatic carboxylic acids is 1. The largest absolute Gasteiger partial charge is 0.478 e. The van der Waals surface area contributed by atoms with Crippen LogP contribution in [-0.2, 0) is 0 Å². The van der Waals surface area contributed by atoms with Crippen LogP contribution in [0.3, 0.4) is 0 Å². The zero-order chi connectivity index (χ0) is 15.6. The molecule has 0 heterocycles. The molecule has 21 heavy (non-hydrogen) atoms. The van der Waals surface area contributed by atoms with E-state index >= 15 is 0 Å². The zero-order valence-corrected chi connectivity index (χ0v) is 11.7. The average molecular weight is 308 g/mol. The number of benzene rings is 2. The van der Waals surface area contributed by atoms with Gasteiger partial charge in [0.15, 0.2) is 0 Å². The van der Waals surface area contributed by atoms with Crippen LogP contribution in [0.2, 0.25) is 5.02 Å². The molecule has 2 aromatic rings. The second kappa shape index (κ2) is 5.93. The Labute approximate surface area is 125 Å². The molecule has 2 N–H and O–H groups in total. The van der Waals surface area contributed by atoms with Crippen LogP contribution in [0.5, 0.6) is 0 Å². The van der Waals surface area contributed by atoms with Gasteiger partial charge in [0.05, 0.1) is 11.3 Å². The summed E-state index contributed by atoms with van der Waals surface area (Å²) in [6.07, 6.45) is 0. The molecule has 0 atom stereocenters. The highest BCUT2D eigenvalue weighted by Crippen LogP contribution is 2.20. The van der Waals surface area contributed by atoms with E-state index in [0.29, 0.717) is 5.02 Å². The summed E-state index contributed by atoms with van der Waals surface area (Å²) in [7, 11) is 0. The van der Waals surface area contributed by atoms with Gasteiger partial charge in [0.25, 0.3) is 5.91 Å². The molecule has 0 saturated carbocycles. The second-order valence-corrected chi connectivity index (χ2v) is 4.82. The minimum Gasteiger partial charge on any atom is -0.478 e. The number of hydrogen-bond donors (Lipinski definition) is 2. The van der Waals surface area contributed by atoms with E-state index in [1.807, 2.05) is 0 Å². The van der Waals surface area contributed by atoms with Gasteiger partial charge in [-0.3, -0.25) is 4.79 Å². The van der Waals surface area contributed by atoms with E-state index in [1.54, 1.807) is 19.1 Å². The third-order valence-electron chi connectivity index (χ3n) is 2.89. The first-order valence-corrected chi connectivity index (χ1v) is 6.36. The van der Waals surface area contributed by atoms with Gasteiger partial charge in [-0.25, -0.2) is 9.18 Å². The number of anilines is 1. The first-order valence-electron chi connectivity index (χ1n) is 5.99. The van der Waals surface area contributed by atoms with Crippen molar-refractivity contribution in [3.8, 4) is 0 Å². The van der Waals surface area contributed by atoms with E-state index in [1.165, 1.54) is 6.07 Å². The summed E-state index contributed by atoms with van der Waals surface area (Å²) < 4.78 is 13.2. The van der Waals surface area contributed by atoms with Crippen molar-refractivity contribution < 1.29 is 19.1 Å². The lowest BCUT2D eigenvalue weighted by Gasteiger charge is -2.09. The Morgan fingerprint density at radius 3 is 2.52 bits per heavy atom. The van der Waals surface area contributed by atoms with E-state index < -0.39 is 17.7 Å². The van der Waals surface area contributed by atoms with Crippen LogP contribution < -0.4 is 5.32 Å². The summed E-state index contributed by atoms with van der Waals surface area (Å²) in [6.45, 7) is 1.79. The molecule has 0 aliphatic carbocycles. The van der Waals surface area contributed by atoms with Crippen molar-refractivity contribution in [1.29, 1.82) is 0 Å². The van der Waals surface area contributed by atoms with Crippen LogP contribution in [-0.4, -0.2) is 17.0 Å². The molecule has 1 amide bonds. The molecule has 2 aromatic carbocycles. The highest BCUT2D eigenvalue weighted by atomic mass is 35.5. The second-order valence-electron chi connectivity index (χ2n) is 4.41. The van der Waals surface area contributed by atoms with Crippen LogP contribution in [0.25, 0.3) is 0 Å². The number of halogens is 2. The first kappa shape index (κ1) is 15.0. The standard InChI is InChI=1S/C15H11ClFNO3/c1-8-2-3-9(6-12(8)16)14(19)18-13-7-10(17)4-5-11(13)15(20)21/h2-7H,1H3,(H,18,19)(H,20,21). The molecule has 2 rings (SSSR count). The Kier molecular flexibility index (Phi) is 4.23. The SMILES string of the molecule is Cc1ccc(C(=O)Nc2cc(F)ccc2C(=O)O)cc1Cl. The summed E-state index contributed by atoms with van der Waals surface area (Å²) in [6, 6.07) is 7.75. The number of hydrogen-bond acceptors (Lipinski definition) is 2. The lowest BCUT2D eigenvalue weighted by Crippen LogP contribution is -2.15. The predicted molar refractivity (Wildman–Crippen MR) is 77.5 cm³/mol. The number of carbonyl (C=O) groups excluding carboxylic acids is 1. The molecule has 6 heteroatoms. The normalized spacial score (nSPS) is 10.2. The van der Waals surface area contributed by atoms with Gasteiger partial charge in [-0.15, -0.1) is 0 Å². The topological polar surface area (TPSA) is 66.4 Å². The number of nitrogens with one attached hydrogen (secondary N) is 1. The molecular weight excluding hydrogens is 297 g/mol. The minimum absolute atomic E-state index is 0.107. The van der Waals surface area contributed by atoms with Crippen molar-refractivity contribution in [1.82, 2.24) is 0 Å². The average Bonchev–Trinajstić information content (AvgIpc) is 2.41. The number of aryl methyl sites for hydroxylation is 1. The van der Waals surface area contributed by atoms with E-state index in [-0.39, 0.29) is 16.8 Å². The highest BCUT2D eigenvalue weighted by Gasteiger charge is 2.15. The monoisotopic (exact) mass is 307 g/mol. The molecule has 0 radical (unpaired) electrons. The van der Waals surface area contributed by atoms with Gasteiger partial charge >= 0.3 is 5.97 Å². The van der Waals surface area contributed by atoms with E-state index in [4.69, 9.17) is 16.7 Å². The Morgan fingerprint density at radius 2 is 1.90 bits per heavy atom. The third-order valence-corrected chi connectivity index (χ3v) is 3.30. The van der Waals surface area contributed by atoms with Crippen molar-refractivity contribution in [3.05, 3.63) is 63.9 Å². The Balaban J connectivity index is 2.33. The van der Waals surface area contributed by atoms with Crippen LogP contribution in [0, 0.1) is 12.7 Å². The van der Waals surface area contributed by atoms with Gasteiger partial charge < -0.3 is 10.4 Å². The molecule has 0 saturated heterocycles. The molecule has 0 bridgehead atoms. The molecule has 0 spiro atoms. The molecule has 0 aliphatic heterocycles. The fourth-order valence-corrected chi connectivity index (χ4v) is 1.92. The minimum atomic E-state index is -1.26. The Morgan fingerprint density at radius 1 is 1.19 bits per heavy atom. The smallest absolute Gasteiger partial charge is 0.337 e. The molecule has 0 unspecified atom stereocenters. The van der Waals surface area contributed by atoms with Crippen LogP contribution >= 0.6 is 11.6 Å². The summed E-state index contributed by atoms with van der Waals surface area (Å²) >= 11 is 5.93. The molecule has 0 aliphatic rings. The molecule has 0 aromatic heterocycles. The number of rotatable bonds is 3. The molecular formula is C15H11ClFNO3. The molecule has 4 nitrogen and oxygen atoms in total. The van der Waals surface area contributed by atoms with Crippen molar-refractivity contribution in [3.63, 3.8) is 0 Å². The lowest BCUT2D eigenvalue weighted by molar-refractivity contribution is 0.0698. The van der Waals surface area contributed by atoms with E-state index in [0.717, 1.165) is 23.8 Å². The Hall–Kier alpha value is -2.40. The maximum absolute atomic E-state index is 13.2. The number of carbonyl (C=O) groups is 2. The van der Waals surface area contributed by atoms with Gasteiger partial charge in [-0.2, -0.15) is 0 Å². The number of carboxylic acids is 1. The van der Waals surface area contributed by atoms with Crippen molar-refractivity contribution >= 4 is 29.2 Å². The predicted octanol–water partition coefficient (Wildman–Crippen LogP) is 3.74. The summed E-state index contributed by atoms with van der Waals surface area (Å²) in [5.41, 5.74) is 0.767. The van der Waals surface area contributed by atoms with Gasteiger partial charge in [0.1, 0.15) is 5.82 Å². The van der Waals surface area contributed by atoms with Crippen molar-refractivity contribution in [2.24, 2.45) is 0 Å². The maximum atomic E-state index is 13.2. The third kappa shape index (κ3) is 3.38. The van der Waals surface area contributed by atoms with Crippen molar-refractivity contribution in [2.75, 3.05) is 5.32 Å². The van der Waals surface area contributed by atoms with Gasteiger partial charge in [-0.05, 0) is 42.8 Å². The lowest BCUT2D eigenvalue weighted by atomic mass is 10.1. The summed E-state index contributed by atoms with van der Waals surface area (Å²) in [5, 5.41) is 11.8. The fraction of sp³-hybridized carbons (Fsp3) is 0.0667. The summed E-state index contributed by atoms with van der Waals surface area (Å²) in [5.74, 6) is -2.46. The van der Waals surface area contributed by atoms with Gasteiger partial charge in [-0.1, -0.05) is 17.7 Å². The first-order chi connectivity index (χ1) is 9.88. The molecule has 108 valence electrons. The zero-order valence-electron chi connectivity index (χ0n) is 11.0. The molecule has 0 fully saturated rings. The fourth-order valence-electron chi connectivity index (χ4n) is 1.73. The number of carboxylic acid groups (broad SMARTS) is 1. The van der Waals surface area contributed by atoms with E-state index in [2.05, 4.69) is 5.32 Å². The number of amides is 1. The van der Waals surface area contributed by atoms with Gasteiger partial charge in [0.2, 0.25) is 0 Å². The van der Waals surface area contributed by atoms with Gasteiger partial charge in [0, 0.05) is 10.6 Å². The van der Waals surface area contributed by atoms with Crippen LogP contribution in [0.15, 0.2) is 36.4 Å². The van der Waals surface area contributed by atoms with Crippen LogP contribution in [0.1, 0.15) is 26.3 Å². The summed E-state index contributed by atoms with van der Waals surface area (Å²) in [4.78, 5) is 23.1. The van der Waals surface area contributed by atoms with E-state index in [9.17, 15) is 14.0 Å². The quantitative estimate of drug-likeness (QED) is 0.907. The van der Waals surface area contributed by atoms with Crippen molar-refractivity contribution in [2.45, 2.75) is 6.92 Å². The Bertz CT molecular complexity index is 731.